The molecule has 1 saturated heterocycles. The third-order valence-electron chi connectivity index (χ3n) is 12.2. The van der Waals surface area contributed by atoms with E-state index in [0.717, 1.165) is 41.6 Å². The Morgan fingerprint density at radius 1 is 1.16 bits per heavy atom. The molecule has 1 N–H and O–H groups in total. The maximum Gasteiger partial charge on any atom is 0.240 e. The first-order chi connectivity index (χ1) is 27.2. The number of Topliss-reactive ketones (excluding diaryl/α,β-unsaturated/α-hetero) is 1. The van der Waals surface area contributed by atoms with E-state index >= 15 is 0 Å². The Labute approximate surface area is 336 Å². The van der Waals surface area contributed by atoms with Gasteiger partial charge in [-0.15, -0.1) is 6.58 Å². The van der Waals surface area contributed by atoms with Crippen LogP contribution in [0.3, 0.4) is 0 Å². The van der Waals surface area contributed by atoms with Gasteiger partial charge < -0.3 is 19.3 Å². The molecule has 57 heavy (non-hydrogen) atoms. The minimum absolute atomic E-state index is 0.0591. The van der Waals surface area contributed by atoms with E-state index in [0.29, 0.717) is 48.4 Å². The molecule has 7 rings (SSSR count). The lowest BCUT2D eigenvalue weighted by Gasteiger charge is -2.32. The van der Waals surface area contributed by atoms with Crippen LogP contribution in [-0.4, -0.2) is 85.4 Å². The summed E-state index contributed by atoms with van der Waals surface area (Å²) in [7, 11) is -0.206. The predicted molar refractivity (Wildman–Crippen MR) is 222 cm³/mol. The minimum Gasteiger partial charge on any atom is -0.496 e. The number of fused-ring (bicyclic) bond motifs is 3. The molecule has 0 spiro atoms. The lowest BCUT2D eigenvalue weighted by molar-refractivity contribution is -0.143. The zero-order valence-electron chi connectivity index (χ0n) is 33.4. The Hall–Kier alpha value is -4.97. The maximum absolute atomic E-state index is 14.8. The molecule has 11 nitrogen and oxygen atoms in total. The van der Waals surface area contributed by atoms with E-state index in [2.05, 4.69) is 34.9 Å². The van der Waals surface area contributed by atoms with E-state index in [1.807, 2.05) is 69.4 Å². The lowest BCUT2D eigenvalue weighted by atomic mass is 9.88. The molecule has 3 heterocycles. The Bertz CT molecular complexity index is 2220. The number of methoxy groups -OCH3 is 1. The van der Waals surface area contributed by atoms with E-state index in [9.17, 15) is 22.8 Å². The second kappa shape index (κ2) is 16.1. The van der Waals surface area contributed by atoms with Crippen LogP contribution in [0.15, 0.2) is 79.5 Å². The molecule has 2 aromatic carbocycles. The molecule has 12 heteroatoms. The number of ketones is 1. The van der Waals surface area contributed by atoms with Crippen molar-refractivity contribution in [2.24, 2.45) is 23.2 Å². The highest BCUT2D eigenvalue weighted by atomic mass is 32.2. The van der Waals surface area contributed by atoms with E-state index in [4.69, 9.17) is 14.5 Å². The summed E-state index contributed by atoms with van der Waals surface area (Å²) in [5.41, 5.74) is 2.73. The van der Waals surface area contributed by atoms with Gasteiger partial charge in [-0.1, -0.05) is 69.0 Å². The van der Waals surface area contributed by atoms with Crippen LogP contribution in [0, 0.1) is 23.2 Å². The summed E-state index contributed by atoms with van der Waals surface area (Å²) in [5.74, 6) is -0.796. The van der Waals surface area contributed by atoms with Gasteiger partial charge in [-0.05, 0) is 56.4 Å². The summed E-state index contributed by atoms with van der Waals surface area (Å²) in [6.07, 6.45) is 8.62. The van der Waals surface area contributed by atoms with Crippen molar-refractivity contribution in [3.8, 4) is 22.8 Å². The number of rotatable bonds is 10. The fourth-order valence-electron chi connectivity index (χ4n) is 8.37. The van der Waals surface area contributed by atoms with Crippen molar-refractivity contribution in [2.75, 3.05) is 27.2 Å². The molecular formula is C45H54N4O7S. The van der Waals surface area contributed by atoms with Gasteiger partial charge in [0.2, 0.25) is 21.8 Å². The molecule has 3 aromatic rings. The molecule has 3 fully saturated rings. The zero-order valence-corrected chi connectivity index (χ0v) is 34.2. The fraction of sp³-hybridized carbons (Fsp3) is 0.467. The van der Waals surface area contributed by atoms with Crippen molar-refractivity contribution in [1.82, 2.24) is 19.5 Å². The number of nitrogens with one attached hydrogen (secondary N) is 1. The van der Waals surface area contributed by atoms with Crippen molar-refractivity contribution in [3.63, 3.8) is 0 Å². The average molecular weight is 795 g/mol. The number of benzene rings is 2. The van der Waals surface area contributed by atoms with Crippen LogP contribution in [0.1, 0.15) is 70.8 Å². The normalized spacial score (nSPS) is 26.1. The number of carbonyl (C=O) groups is 3. The second-order valence-electron chi connectivity index (χ2n) is 16.6. The third kappa shape index (κ3) is 8.37. The van der Waals surface area contributed by atoms with Crippen LogP contribution in [0.4, 0.5) is 0 Å². The number of amides is 2. The fourth-order valence-corrected chi connectivity index (χ4v) is 9.75. The maximum atomic E-state index is 14.8. The van der Waals surface area contributed by atoms with Crippen molar-refractivity contribution in [1.29, 1.82) is 0 Å². The summed E-state index contributed by atoms with van der Waals surface area (Å²) in [6.45, 7) is 13.1. The SMILES string of the molecule is C=C[C@@H]1C[C@]1(CC(=O)[C@@H]1C[C@@H]2CN1C(=O)[C@H](C(C)C)CC(=C)N(C)CCC/C=C/c1cc3c(cc(-c4ccccc4)nc3cc1OC)O2)C(=O)NS(=O)(=O)C1CC1. The first kappa shape index (κ1) is 40.2. The van der Waals surface area contributed by atoms with Crippen molar-refractivity contribution in [2.45, 2.75) is 82.6 Å². The monoisotopic (exact) mass is 794 g/mol. The number of ether oxygens (including phenoxy) is 2. The molecular weight excluding hydrogens is 741 g/mol. The number of hydrogen-bond donors (Lipinski definition) is 1. The van der Waals surface area contributed by atoms with Gasteiger partial charge in [0, 0.05) is 66.7 Å². The predicted octanol–water partition coefficient (Wildman–Crippen LogP) is 6.93. The Kier molecular flexibility index (Phi) is 11.4. The third-order valence-corrected chi connectivity index (χ3v) is 14.1. The number of sulfonamides is 1. The van der Waals surface area contributed by atoms with Gasteiger partial charge >= 0.3 is 0 Å². The summed E-state index contributed by atoms with van der Waals surface area (Å²) >= 11 is 0. The molecule has 2 amide bonds. The van der Waals surface area contributed by atoms with E-state index < -0.39 is 44.7 Å². The Morgan fingerprint density at radius 3 is 2.58 bits per heavy atom. The van der Waals surface area contributed by atoms with Gasteiger partial charge in [-0.2, -0.15) is 0 Å². The topological polar surface area (TPSA) is 135 Å². The number of carbonyl (C=O) groups excluding carboxylic acids is 3. The summed E-state index contributed by atoms with van der Waals surface area (Å²) in [6, 6.07) is 14.7. The van der Waals surface area contributed by atoms with Gasteiger partial charge in [0.15, 0.2) is 5.78 Å². The average Bonchev–Trinajstić information content (AvgIpc) is 4.12. The van der Waals surface area contributed by atoms with Crippen LogP contribution in [-0.2, 0) is 24.4 Å². The van der Waals surface area contributed by atoms with Crippen molar-refractivity contribution in [3.05, 3.63) is 85.1 Å². The van der Waals surface area contributed by atoms with Crippen molar-refractivity contribution < 1.29 is 32.3 Å². The molecule has 1 aromatic heterocycles. The standard InChI is InChI=1S/C45H54N4O7S/c1-7-32-25-45(32,44(52)47-57(53,54)34-17-18-34)26-40(50)39-22-33-27-49(39)43(51)35(28(2)3)20-29(4)48(5)19-13-9-12-16-31-21-36-38(24-41(31)55-6)46-37(23-42(36)56-33)30-14-10-8-11-15-30/h7-8,10-12,14-16,21,23-24,28,32-35,39H,1,4,9,13,17-20,22,25-27H2,2-3,5-6H3,(H,47,52)/b16-12+/t32-,33-,35+,39+,45-/m1/s1. The van der Waals surface area contributed by atoms with Gasteiger partial charge in [0.25, 0.3) is 0 Å². The number of allylic oxidation sites excluding steroid dienone is 3. The smallest absolute Gasteiger partial charge is 0.240 e. The summed E-state index contributed by atoms with van der Waals surface area (Å²) in [5, 5.41) is 0.176. The van der Waals surface area contributed by atoms with Gasteiger partial charge in [-0.3, -0.25) is 19.1 Å². The van der Waals surface area contributed by atoms with Gasteiger partial charge in [-0.25, -0.2) is 13.4 Å². The zero-order chi connectivity index (χ0) is 40.6. The molecule has 4 bridgehead atoms. The summed E-state index contributed by atoms with van der Waals surface area (Å²) in [4.78, 5) is 51.9. The molecule has 4 aliphatic rings. The first-order valence-electron chi connectivity index (χ1n) is 20.1. The molecule has 0 unspecified atom stereocenters. The molecule has 2 aliphatic heterocycles. The summed E-state index contributed by atoms with van der Waals surface area (Å²) < 4.78 is 40.7. The van der Waals surface area contributed by atoms with Crippen LogP contribution >= 0.6 is 0 Å². The lowest BCUT2D eigenvalue weighted by Crippen LogP contribution is -2.47. The van der Waals surface area contributed by atoms with Crippen molar-refractivity contribution >= 4 is 44.6 Å². The second-order valence-corrected chi connectivity index (χ2v) is 18.5. The Balaban J connectivity index is 1.28. The largest absolute Gasteiger partial charge is 0.496 e. The number of aromatic nitrogens is 1. The van der Waals surface area contributed by atoms with Crippen LogP contribution in [0.25, 0.3) is 28.2 Å². The van der Waals surface area contributed by atoms with E-state index in [1.165, 1.54) is 0 Å². The molecule has 2 saturated carbocycles. The highest BCUT2D eigenvalue weighted by Gasteiger charge is 2.61. The molecule has 2 aliphatic carbocycles. The van der Waals surface area contributed by atoms with Gasteiger partial charge in [0.1, 0.15) is 17.6 Å². The minimum atomic E-state index is -3.83. The van der Waals surface area contributed by atoms with E-state index in [1.54, 1.807) is 18.1 Å². The number of hydrogen-bond acceptors (Lipinski definition) is 9. The molecule has 302 valence electrons. The number of pyridine rings is 1. The molecule has 0 radical (unpaired) electrons. The Morgan fingerprint density at radius 2 is 1.91 bits per heavy atom. The number of nitrogens with zero attached hydrogens (tertiary/aromatic N) is 3. The highest BCUT2D eigenvalue weighted by molar-refractivity contribution is 7.90. The van der Waals surface area contributed by atoms with E-state index in [-0.39, 0.29) is 42.9 Å². The quantitative estimate of drug-likeness (QED) is 0.217. The molecule has 5 atom stereocenters. The van der Waals surface area contributed by atoms with Crippen LogP contribution < -0.4 is 14.2 Å². The first-order valence-corrected chi connectivity index (χ1v) is 21.6. The van der Waals surface area contributed by atoms with Crippen LogP contribution in [0.5, 0.6) is 11.5 Å². The van der Waals surface area contributed by atoms with Gasteiger partial charge in [0.05, 0.1) is 41.6 Å². The van der Waals surface area contributed by atoms with Crippen LogP contribution in [0.2, 0.25) is 0 Å². The highest BCUT2D eigenvalue weighted by Crippen LogP contribution is 2.57.